The molecule has 1 aliphatic carbocycles. The van der Waals surface area contributed by atoms with Gasteiger partial charge in [0.15, 0.2) is 0 Å². The fourth-order valence-electron chi connectivity index (χ4n) is 2.82. The van der Waals surface area contributed by atoms with Crippen molar-refractivity contribution in [3.8, 4) is 0 Å². The Hall–Kier alpha value is -1.55. The highest BCUT2D eigenvalue weighted by molar-refractivity contribution is 5.87. The molecule has 1 aromatic carbocycles. The minimum absolute atomic E-state index is 0.101. The van der Waals surface area contributed by atoms with E-state index < -0.39 is 5.41 Å². The zero-order valence-electron chi connectivity index (χ0n) is 12.5. The molecule has 0 bridgehead atoms. The average molecular weight is 276 g/mol. The third kappa shape index (κ3) is 2.96. The van der Waals surface area contributed by atoms with Crippen molar-refractivity contribution in [3.05, 3.63) is 29.8 Å². The van der Waals surface area contributed by atoms with Crippen molar-refractivity contribution in [2.45, 2.75) is 38.2 Å². The Bertz CT molecular complexity index is 476. The second-order valence-corrected chi connectivity index (χ2v) is 6.42. The van der Waals surface area contributed by atoms with Gasteiger partial charge in [0.05, 0.1) is 11.5 Å². The van der Waals surface area contributed by atoms with Crippen molar-refractivity contribution in [2.75, 3.05) is 19.3 Å². The van der Waals surface area contributed by atoms with E-state index in [1.54, 1.807) is 4.90 Å². The molecule has 0 saturated heterocycles. The number of rotatable bonds is 4. The molecule has 0 aliphatic heterocycles. The number of nitrogen functional groups attached to an aromatic ring is 1. The number of benzene rings is 1. The number of aliphatic hydroxyl groups is 1. The Labute approximate surface area is 120 Å². The standard InChI is InChI=1S/C16H24N2O2/c1-16(2,12-4-6-13(17)7-5-12)15(20)18(3)10-11-8-14(19)9-11/h4-7,11,14,19H,8-10,17H2,1-3H3. The molecule has 4 heteroatoms. The van der Waals surface area contributed by atoms with Gasteiger partial charge in [-0.05, 0) is 50.3 Å². The molecule has 1 aromatic rings. The van der Waals surface area contributed by atoms with Crippen LogP contribution in [-0.2, 0) is 10.2 Å². The van der Waals surface area contributed by atoms with E-state index >= 15 is 0 Å². The zero-order valence-corrected chi connectivity index (χ0v) is 12.5. The summed E-state index contributed by atoms with van der Waals surface area (Å²) in [5.41, 5.74) is 6.80. The summed E-state index contributed by atoms with van der Waals surface area (Å²) in [5.74, 6) is 0.532. The molecule has 1 amide bonds. The smallest absolute Gasteiger partial charge is 0.232 e. The number of carbonyl (C=O) groups is 1. The first kappa shape index (κ1) is 14.9. The average Bonchev–Trinajstić information content (AvgIpc) is 2.36. The lowest BCUT2D eigenvalue weighted by Crippen LogP contribution is -2.46. The number of carbonyl (C=O) groups excluding carboxylic acids is 1. The van der Waals surface area contributed by atoms with Crippen molar-refractivity contribution in [1.82, 2.24) is 4.90 Å². The van der Waals surface area contributed by atoms with Gasteiger partial charge in [0.1, 0.15) is 0 Å². The van der Waals surface area contributed by atoms with Crippen molar-refractivity contribution < 1.29 is 9.90 Å². The molecule has 0 aromatic heterocycles. The van der Waals surface area contributed by atoms with Crippen LogP contribution in [0.15, 0.2) is 24.3 Å². The van der Waals surface area contributed by atoms with Gasteiger partial charge in [0, 0.05) is 19.3 Å². The predicted octanol–water partition coefficient (Wildman–Crippen LogP) is 1.78. The fourth-order valence-corrected chi connectivity index (χ4v) is 2.82. The van der Waals surface area contributed by atoms with Gasteiger partial charge < -0.3 is 15.7 Å². The molecular formula is C16H24N2O2. The van der Waals surface area contributed by atoms with Gasteiger partial charge in [0.2, 0.25) is 5.91 Å². The first-order chi connectivity index (χ1) is 9.30. The van der Waals surface area contributed by atoms with E-state index in [2.05, 4.69) is 0 Å². The van der Waals surface area contributed by atoms with Crippen LogP contribution in [0.1, 0.15) is 32.3 Å². The first-order valence-corrected chi connectivity index (χ1v) is 7.10. The molecular weight excluding hydrogens is 252 g/mol. The molecule has 1 fully saturated rings. The monoisotopic (exact) mass is 276 g/mol. The Balaban J connectivity index is 2.04. The van der Waals surface area contributed by atoms with E-state index in [0.29, 0.717) is 18.2 Å². The van der Waals surface area contributed by atoms with Crippen LogP contribution in [0, 0.1) is 5.92 Å². The number of aliphatic hydroxyl groups excluding tert-OH is 1. The summed E-state index contributed by atoms with van der Waals surface area (Å²) in [6.07, 6.45) is 1.44. The SMILES string of the molecule is CN(CC1CC(O)C1)C(=O)C(C)(C)c1ccc(N)cc1. The Morgan fingerprint density at radius 3 is 2.40 bits per heavy atom. The minimum Gasteiger partial charge on any atom is -0.399 e. The molecule has 0 heterocycles. The van der Waals surface area contributed by atoms with E-state index in [0.717, 1.165) is 18.4 Å². The van der Waals surface area contributed by atoms with Crippen LogP contribution in [-0.4, -0.2) is 35.6 Å². The largest absolute Gasteiger partial charge is 0.399 e. The van der Waals surface area contributed by atoms with E-state index in [9.17, 15) is 9.90 Å². The number of nitrogens with zero attached hydrogens (tertiary/aromatic N) is 1. The third-order valence-corrected chi connectivity index (χ3v) is 4.26. The lowest BCUT2D eigenvalue weighted by Gasteiger charge is -2.37. The predicted molar refractivity (Wildman–Crippen MR) is 80.2 cm³/mol. The minimum atomic E-state index is -0.565. The van der Waals surface area contributed by atoms with E-state index in [-0.39, 0.29) is 12.0 Å². The van der Waals surface area contributed by atoms with Crippen molar-refractivity contribution in [1.29, 1.82) is 0 Å². The quantitative estimate of drug-likeness (QED) is 0.824. The lowest BCUT2D eigenvalue weighted by molar-refractivity contribution is -0.136. The van der Waals surface area contributed by atoms with Crippen molar-refractivity contribution >= 4 is 11.6 Å². The van der Waals surface area contributed by atoms with Gasteiger partial charge in [-0.2, -0.15) is 0 Å². The maximum Gasteiger partial charge on any atom is 0.232 e. The second-order valence-electron chi connectivity index (χ2n) is 6.42. The van der Waals surface area contributed by atoms with Gasteiger partial charge in [-0.15, -0.1) is 0 Å². The molecule has 3 N–H and O–H groups in total. The summed E-state index contributed by atoms with van der Waals surface area (Å²) in [7, 11) is 1.84. The van der Waals surface area contributed by atoms with Gasteiger partial charge in [-0.1, -0.05) is 12.1 Å². The lowest BCUT2D eigenvalue weighted by atomic mass is 9.80. The normalized spacial score (nSPS) is 22.2. The number of hydrogen-bond donors (Lipinski definition) is 2. The molecule has 110 valence electrons. The van der Waals surface area contributed by atoms with Crippen LogP contribution in [0.5, 0.6) is 0 Å². The van der Waals surface area contributed by atoms with Crippen LogP contribution in [0.3, 0.4) is 0 Å². The molecule has 0 spiro atoms. The summed E-state index contributed by atoms with van der Waals surface area (Å²) in [5, 5.41) is 9.32. The maximum atomic E-state index is 12.6. The van der Waals surface area contributed by atoms with E-state index in [1.807, 2.05) is 45.2 Å². The third-order valence-electron chi connectivity index (χ3n) is 4.26. The molecule has 2 rings (SSSR count). The number of likely N-dealkylation sites (N-methyl/N-ethyl adjacent to an activating group) is 1. The molecule has 1 saturated carbocycles. The highest BCUT2D eigenvalue weighted by Crippen LogP contribution is 2.30. The van der Waals surface area contributed by atoms with Crippen molar-refractivity contribution in [3.63, 3.8) is 0 Å². The van der Waals surface area contributed by atoms with Gasteiger partial charge in [-0.3, -0.25) is 4.79 Å². The van der Waals surface area contributed by atoms with Crippen LogP contribution in [0.25, 0.3) is 0 Å². The number of hydrogen-bond acceptors (Lipinski definition) is 3. The number of nitrogens with two attached hydrogens (primary N) is 1. The zero-order chi connectivity index (χ0) is 14.9. The summed E-state index contributed by atoms with van der Waals surface area (Å²) >= 11 is 0. The van der Waals surface area contributed by atoms with Gasteiger partial charge in [-0.25, -0.2) is 0 Å². The van der Waals surface area contributed by atoms with Crippen LogP contribution >= 0.6 is 0 Å². The number of amides is 1. The number of anilines is 1. The highest BCUT2D eigenvalue weighted by atomic mass is 16.3. The van der Waals surface area contributed by atoms with Crippen LogP contribution in [0.2, 0.25) is 0 Å². The van der Waals surface area contributed by atoms with Gasteiger partial charge in [0.25, 0.3) is 0 Å². The summed E-state index contributed by atoms with van der Waals surface area (Å²) < 4.78 is 0. The summed E-state index contributed by atoms with van der Waals surface area (Å²) in [6, 6.07) is 7.47. The topological polar surface area (TPSA) is 66.6 Å². The van der Waals surface area contributed by atoms with Crippen LogP contribution in [0.4, 0.5) is 5.69 Å². The van der Waals surface area contributed by atoms with E-state index in [1.165, 1.54) is 0 Å². The van der Waals surface area contributed by atoms with Crippen LogP contribution < -0.4 is 5.73 Å². The second kappa shape index (κ2) is 5.44. The Morgan fingerprint density at radius 1 is 1.35 bits per heavy atom. The summed E-state index contributed by atoms with van der Waals surface area (Å²) in [4.78, 5) is 14.4. The molecule has 0 radical (unpaired) electrons. The van der Waals surface area contributed by atoms with Gasteiger partial charge >= 0.3 is 0 Å². The molecule has 4 nitrogen and oxygen atoms in total. The molecule has 1 aliphatic rings. The van der Waals surface area contributed by atoms with E-state index in [4.69, 9.17) is 5.73 Å². The first-order valence-electron chi connectivity index (χ1n) is 7.10. The Kier molecular flexibility index (Phi) is 4.04. The molecule has 20 heavy (non-hydrogen) atoms. The maximum absolute atomic E-state index is 12.6. The van der Waals surface area contributed by atoms with Crippen molar-refractivity contribution in [2.24, 2.45) is 5.92 Å². The molecule has 0 unspecified atom stereocenters. The fraction of sp³-hybridized carbons (Fsp3) is 0.562. The Morgan fingerprint density at radius 2 is 1.90 bits per heavy atom. The highest BCUT2D eigenvalue weighted by Gasteiger charge is 2.35. The summed E-state index contributed by atoms with van der Waals surface area (Å²) in [6.45, 7) is 4.59. The molecule has 0 atom stereocenters.